The van der Waals surface area contributed by atoms with Crippen molar-refractivity contribution in [2.75, 3.05) is 5.32 Å². The van der Waals surface area contributed by atoms with Gasteiger partial charge in [0.05, 0.1) is 17.2 Å². The summed E-state index contributed by atoms with van der Waals surface area (Å²) in [5, 5.41) is 15.2. The number of hydrogen-bond acceptors (Lipinski definition) is 4. The van der Waals surface area contributed by atoms with Crippen LogP contribution in [0.15, 0.2) is 79.0 Å². The number of aromatic carboxylic acids is 1. The van der Waals surface area contributed by atoms with E-state index in [-0.39, 0.29) is 45.8 Å². The van der Waals surface area contributed by atoms with Gasteiger partial charge in [0.25, 0.3) is 5.91 Å². The van der Waals surface area contributed by atoms with Crippen molar-refractivity contribution in [2.24, 2.45) is 0 Å². The smallest absolute Gasteiger partial charge is 0.545 e. The van der Waals surface area contributed by atoms with E-state index < -0.39 is 11.9 Å². The van der Waals surface area contributed by atoms with Gasteiger partial charge in [0, 0.05) is 33.3 Å². The van der Waals surface area contributed by atoms with Gasteiger partial charge in [-0.1, -0.05) is 48.0 Å². The standard InChI is InChI=1S/C23H15ClN2O3.Na/c24-17-9-10-20(19(13-17)23(28)29)26-22(27)16-6-1-5-15(12-16)18-8-2-4-14-7-3-11-25-21(14)18;/h1-13H,(H,26,27)(H,28,29);/q;+1/p-1. The van der Waals surface area contributed by atoms with E-state index in [0.29, 0.717) is 5.56 Å². The zero-order valence-corrected chi connectivity index (χ0v) is 18.8. The number of para-hydroxylation sites is 1. The second-order valence-corrected chi connectivity index (χ2v) is 6.83. The summed E-state index contributed by atoms with van der Waals surface area (Å²) in [5.74, 6) is -1.86. The van der Waals surface area contributed by atoms with E-state index in [9.17, 15) is 14.7 Å². The minimum absolute atomic E-state index is 0. The molecule has 5 nitrogen and oxygen atoms in total. The van der Waals surface area contributed by atoms with Crippen LogP contribution in [0.3, 0.4) is 0 Å². The summed E-state index contributed by atoms with van der Waals surface area (Å²) in [5.41, 5.74) is 2.90. The summed E-state index contributed by atoms with van der Waals surface area (Å²) in [7, 11) is 0. The van der Waals surface area contributed by atoms with Gasteiger partial charge in [-0.15, -0.1) is 0 Å². The molecule has 1 amide bonds. The molecule has 0 aliphatic heterocycles. The molecule has 0 radical (unpaired) electrons. The number of hydrogen-bond donors (Lipinski definition) is 1. The van der Waals surface area contributed by atoms with Crippen molar-refractivity contribution in [1.29, 1.82) is 0 Å². The van der Waals surface area contributed by atoms with Crippen LogP contribution in [0, 0.1) is 0 Å². The monoisotopic (exact) mass is 424 g/mol. The average Bonchev–Trinajstić information content (AvgIpc) is 2.74. The Balaban J connectivity index is 0.00000256. The number of carboxylic acids is 1. The van der Waals surface area contributed by atoms with Gasteiger partial charge in [0.2, 0.25) is 0 Å². The molecule has 0 bridgehead atoms. The molecule has 0 atom stereocenters. The number of rotatable bonds is 4. The van der Waals surface area contributed by atoms with E-state index in [1.54, 1.807) is 24.4 Å². The minimum Gasteiger partial charge on any atom is -0.545 e. The molecule has 0 saturated heterocycles. The number of nitrogens with one attached hydrogen (secondary N) is 1. The number of anilines is 1. The molecule has 7 heteroatoms. The van der Waals surface area contributed by atoms with E-state index in [1.165, 1.54) is 18.2 Å². The quantitative estimate of drug-likeness (QED) is 0.499. The van der Waals surface area contributed by atoms with Crippen LogP contribution in [0.5, 0.6) is 0 Å². The van der Waals surface area contributed by atoms with Crippen LogP contribution in [0.2, 0.25) is 5.02 Å². The first-order chi connectivity index (χ1) is 14.0. The van der Waals surface area contributed by atoms with Gasteiger partial charge in [-0.3, -0.25) is 9.78 Å². The molecule has 1 N–H and O–H groups in total. The van der Waals surface area contributed by atoms with Crippen LogP contribution in [0.4, 0.5) is 5.69 Å². The fourth-order valence-electron chi connectivity index (χ4n) is 3.15. The van der Waals surface area contributed by atoms with Gasteiger partial charge in [0.15, 0.2) is 0 Å². The number of halogens is 1. The number of carbonyl (C=O) groups excluding carboxylic acids is 2. The molecule has 0 aliphatic carbocycles. The van der Waals surface area contributed by atoms with Gasteiger partial charge in [0.1, 0.15) is 0 Å². The van der Waals surface area contributed by atoms with Gasteiger partial charge in [-0.2, -0.15) is 0 Å². The Morgan fingerprint density at radius 3 is 2.50 bits per heavy atom. The number of benzene rings is 3. The van der Waals surface area contributed by atoms with Crippen molar-refractivity contribution < 1.29 is 44.3 Å². The van der Waals surface area contributed by atoms with Crippen LogP contribution in [-0.4, -0.2) is 16.9 Å². The first kappa shape index (κ1) is 22.0. The predicted octanol–water partition coefficient (Wildman–Crippen LogP) is 1.17. The number of pyridine rings is 1. The minimum atomic E-state index is -1.42. The number of fused-ring (bicyclic) bond motifs is 1. The fourth-order valence-corrected chi connectivity index (χ4v) is 3.33. The summed E-state index contributed by atoms with van der Waals surface area (Å²) in [6.45, 7) is 0. The Kier molecular flexibility index (Phi) is 6.90. The van der Waals surface area contributed by atoms with Gasteiger partial charge >= 0.3 is 29.6 Å². The molecule has 0 spiro atoms. The topological polar surface area (TPSA) is 82.1 Å². The number of carboxylic acid groups (broad SMARTS) is 1. The molecular weight excluding hydrogens is 411 g/mol. The Morgan fingerprint density at radius 2 is 1.70 bits per heavy atom. The summed E-state index contributed by atoms with van der Waals surface area (Å²) in [4.78, 5) is 28.5. The third kappa shape index (κ3) is 4.55. The number of aromatic nitrogens is 1. The largest absolute Gasteiger partial charge is 1.00 e. The van der Waals surface area contributed by atoms with Crippen molar-refractivity contribution in [3.63, 3.8) is 0 Å². The van der Waals surface area contributed by atoms with Crippen LogP contribution in [0.1, 0.15) is 20.7 Å². The first-order valence-corrected chi connectivity index (χ1v) is 9.17. The number of carbonyl (C=O) groups is 2. The van der Waals surface area contributed by atoms with Gasteiger partial charge in [-0.05, 0) is 42.0 Å². The SMILES string of the molecule is O=C(Nc1ccc(Cl)cc1C(=O)[O-])c1cccc(-c2cccc3cccnc23)c1.[Na+]. The number of nitrogens with zero attached hydrogens (tertiary/aromatic N) is 1. The fraction of sp³-hybridized carbons (Fsp3) is 0. The number of amides is 1. The molecular formula is C23H14ClN2NaO3. The Bertz CT molecular complexity index is 1250. The second-order valence-electron chi connectivity index (χ2n) is 6.39. The third-order valence-corrected chi connectivity index (χ3v) is 4.75. The van der Waals surface area contributed by atoms with Crippen molar-refractivity contribution in [3.8, 4) is 11.1 Å². The zero-order valence-electron chi connectivity index (χ0n) is 16.1. The molecule has 4 aromatic rings. The maximum Gasteiger partial charge on any atom is 1.00 e. The molecule has 0 aliphatic rings. The molecule has 1 aromatic heterocycles. The molecule has 30 heavy (non-hydrogen) atoms. The average molecular weight is 425 g/mol. The second kappa shape index (κ2) is 9.41. The molecule has 4 rings (SSSR count). The van der Waals surface area contributed by atoms with Gasteiger partial charge < -0.3 is 15.2 Å². The molecule has 142 valence electrons. The first-order valence-electron chi connectivity index (χ1n) is 8.79. The molecule has 3 aromatic carbocycles. The molecule has 1 heterocycles. The maximum absolute atomic E-state index is 12.7. The maximum atomic E-state index is 12.7. The van der Waals surface area contributed by atoms with E-state index in [0.717, 1.165) is 22.0 Å². The van der Waals surface area contributed by atoms with E-state index in [1.807, 2.05) is 36.4 Å². The van der Waals surface area contributed by atoms with Crippen LogP contribution >= 0.6 is 11.6 Å². The zero-order chi connectivity index (χ0) is 20.4. The Hall–Kier alpha value is -2.70. The summed E-state index contributed by atoms with van der Waals surface area (Å²) < 4.78 is 0. The van der Waals surface area contributed by atoms with E-state index >= 15 is 0 Å². The van der Waals surface area contributed by atoms with Crippen LogP contribution < -0.4 is 40.0 Å². The normalized spacial score (nSPS) is 10.3. The van der Waals surface area contributed by atoms with Crippen LogP contribution in [0.25, 0.3) is 22.0 Å². The van der Waals surface area contributed by atoms with Gasteiger partial charge in [-0.25, -0.2) is 0 Å². The molecule has 0 saturated carbocycles. The van der Waals surface area contributed by atoms with Crippen molar-refractivity contribution in [1.82, 2.24) is 4.98 Å². The summed E-state index contributed by atoms with van der Waals surface area (Å²) in [6, 6.07) is 21.0. The Morgan fingerprint density at radius 1 is 0.933 bits per heavy atom. The third-order valence-electron chi connectivity index (χ3n) is 4.52. The summed E-state index contributed by atoms with van der Waals surface area (Å²) >= 11 is 5.84. The molecule has 0 unspecified atom stereocenters. The van der Waals surface area contributed by atoms with E-state index in [2.05, 4.69) is 10.3 Å². The Labute approximate surface area is 200 Å². The summed E-state index contributed by atoms with van der Waals surface area (Å²) in [6.07, 6.45) is 1.73. The predicted molar refractivity (Wildman–Crippen MR) is 111 cm³/mol. The van der Waals surface area contributed by atoms with Crippen LogP contribution in [-0.2, 0) is 0 Å². The molecule has 0 fully saturated rings. The van der Waals surface area contributed by atoms with Crippen molar-refractivity contribution in [2.45, 2.75) is 0 Å². The van der Waals surface area contributed by atoms with Crippen molar-refractivity contribution >= 4 is 40.1 Å². The van der Waals surface area contributed by atoms with E-state index in [4.69, 9.17) is 11.6 Å². The van der Waals surface area contributed by atoms with Crippen molar-refractivity contribution in [3.05, 3.63) is 95.1 Å².